The van der Waals surface area contributed by atoms with Gasteiger partial charge in [-0.2, -0.15) is 0 Å². The summed E-state index contributed by atoms with van der Waals surface area (Å²) in [5.74, 6) is 0.553. The minimum Gasteiger partial charge on any atom is -0.386 e. The van der Waals surface area contributed by atoms with Gasteiger partial charge in [0.2, 0.25) is 0 Å². The normalized spacial score (nSPS) is 12.9. The molecule has 0 saturated heterocycles. The van der Waals surface area contributed by atoms with E-state index in [2.05, 4.69) is 38.1 Å². The van der Waals surface area contributed by atoms with Crippen LogP contribution >= 0.6 is 11.3 Å². The van der Waals surface area contributed by atoms with Crippen LogP contribution in [-0.2, 0) is 0 Å². The number of nitrogens with two attached hydrogens (primary N) is 1. The third-order valence-corrected chi connectivity index (χ3v) is 4.28. The zero-order valence-corrected chi connectivity index (χ0v) is 11.6. The second-order valence-corrected chi connectivity index (χ2v) is 5.85. The van der Waals surface area contributed by atoms with Gasteiger partial charge < -0.3 is 10.8 Å². The highest BCUT2D eigenvalue weighted by molar-refractivity contribution is 7.15. The van der Waals surface area contributed by atoms with Gasteiger partial charge in [-0.3, -0.25) is 0 Å². The molecule has 1 heterocycles. The summed E-state index contributed by atoms with van der Waals surface area (Å²) >= 11 is 1.60. The number of rotatable bonds is 4. The lowest BCUT2D eigenvalue weighted by molar-refractivity contribution is 0.190. The molecule has 0 aliphatic heterocycles. The molecule has 1 unspecified atom stereocenters. The highest BCUT2D eigenvalue weighted by atomic mass is 32.1. The fourth-order valence-corrected chi connectivity index (χ4v) is 2.85. The zero-order valence-electron chi connectivity index (χ0n) is 10.8. The largest absolute Gasteiger partial charge is 0.386 e. The Hall–Kier alpha value is -1.16. The first-order valence-corrected chi connectivity index (χ1v) is 7.01. The molecule has 1 aromatic heterocycles. The Morgan fingerprint density at radius 1 is 1.11 bits per heavy atom. The van der Waals surface area contributed by atoms with Crippen LogP contribution in [0.3, 0.4) is 0 Å². The average Bonchev–Trinajstić information content (AvgIpc) is 2.87. The molecule has 0 radical (unpaired) electrons. The summed E-state index contributed by atoms with van der Waals surface area (Å²) in [4.78, 5) is 2.10. The molecular weight excluding hydrogens is 242 g/mol. The van der Waals surface area contributed by atoms with Gasteiger partial charge in [-0.25, -0.2) is 0 Å². The van der Waals surface area contributed by atoms with Gasteiger partial charge in [0.05, 0.1) is 0 Å². The van der Waals surface area contributed by atoms with Crippen LogP contribution in [0.4, 0.5) is 0 Å². The molecule has 2 rings (SSSR count). The van der Waals surface area contributed by atoms with Gasteiger partial charge in [-0.1, -0.05) is 38.1 Å². The topological polar surface area (TPSA) is 46.2 Å². The van der Waals surface area contributed by atoms with Gasteiger partial charge >= 0.3 is 0 Å². The van der Waals surface area contributed by atoms with E-state index in [4.69, 9.17) is 5.73 Å². The van der Waals surface area contributed by atoms with E-state index >= 15 is 0 Å². The lowest BCUT2D eigenvalue weighted by Crippen LogP contribution is -2.09. The molecule has 0 spiro atoms. The van der Waals surface area contributed by atoms with Gasteiger partial charge in [0, 0.05) is 16.3 Å². The van der Waals surface area contributed by atoms with Crippen molar-refractivity contribution in [2.75, 3.05) is 6.54 Å². The number of thiophene rings is 1. The lowest BCUT2D eigenvalue weighted by atomic mass is 10.0. The summed E-state index contributed by atoms with van der Waals surface area (Å²) < 4.78 is 0. The highest BCUT2D eigenvalue weighted by Crippen LogP contribution is 2.31. The van der Waals surface area contributed by atoms with Crippen LogP contribution < -0.4 is 5.73 Å². The Bertz CT molecular complexity index is 501. The van der Waals surface area contributed by atoms with E-state index in [1.807, 2.05) is 12.1 Å². The fourth-order valence-electron chi connectivity index (χ4n) is 1.84. The second-order valence-electron chi connectivity index (χ2n) is 4.73. The first-order valence-electron chi connectivity index (χ1n) is 6.20. The first-order chi connectivity index (χ1) is 8.61. The molecule has 3 N–H and O–H groups in total. The van der Waals surface area contributed by atoms with E-state index < -0.39 is 6.10 Å². The maximum atomic E-state index is 9.69. The number of benzene rings is 1. The summed E-state index contributed by atoms with van der Waals surface area (Å²) in [6.07, 6.45) is -0.543. The van der Waals surface area contributed by atoms with Crippen LogP contribution in [0.1, 0.15) is 36.3 Å². The second kappa shape index (κ2) is 5.65. The molecule has 0 aliphatic rings. The van der Waals surface area contributed by atoms with Gasteiger partial charge in [0.15, 0.2) is 0 Å². The SMILES string of the molecule is CC(C)c1ccc(-c2ccc(C(O)CN)s2)cc1. The van der Waals surface area contributed by atoms with Crippen LogP contribution in [0.2, 0.25) is 0 Å². The van der Waals surface area contributed by atoms with Crippen LogP contribution in [0.15, 0.2) is 36.4 Å². The molecule has 0 fully saturated rings. The van der Waals surface area contributed by atoms with E-state index in [0.717, 1.165) is 4.88 Å². The van der Waals surface area contributed by atoms with Gasteiger partial charge in [-0.15, -0.1) is 11.3 Å². The summed E-state index contributed by atoms with van der Waals surface area (Å²) in [7, 11) is 0. The predicted molar refractivity (Wildman–Crippen MR) is 77.9 cm³/mol. The van der Waals surface area contributed by atoms with Crippen LogP contribution in [0, 0.1) is 0 Å². The predicted octanol–water partition coefficient (Wildman–Crippen LogP) is 3.53. The number of aliphatic hydroxyl groups excluding tert-OH is 1. The van der Waals surface area contributed by atoms with Crippen LogP contribution in [0.25, 0.3) is 10.4 Å². The Morgan fingerprint density at radius 3 is 2.33 bits per heavy atom. The van der Waals surface area contributed by atoms with Gasteiger partial charge in [0.25, 0.3) is 0 Å². The van der Waals surface area contributed by atoms with E-state index in [0.29, 0.717) is 5.92 Å². The standard InChI is InChI=1S/C15H19NOS/c1-10(2)11-3-5-12(6-4-11)14-7-8-15(18-14)13(17)9-16/h3-8,10,13,17H,9,16H2,1-2H3. The number of hydrogen-bond donors (Lipinski definition) is 2. The van der Waals surface area contributed by atoms with E-state index in [1.54, 1.807) is 11.3 Å². The van der Waals surface area contributed by atoms with Crippen molar-refractivity contribution in [1.29, 1.82) is 0 Å². The van der Waals surface area contributed by atoms with Crippen molar-refractivity contribution in [3.8, 4) is 10.4 Å². The Morgan fingerprint density at radius 2 is 1.78 bits per heavy atom. The summed E-state index contributed by atoms with van der Waals surface area (Å²) in [6.45, 7) is 4.65. The van der Waals surface area contributed by atoms with Crippen molar-refractivity contribution in [2.45, 2.75) is 25.9 Å². The third-order valence-electron chi connectivity index (χ3n) is 3.04. The molecule has 1 atom stereocenters. The Kier molecular flexibility index (Phi) is 4.17. The molecular formula is C15H19NOS. The van der Waals surface area contributed by atoms with Gasteiger partial charge in [-0.05, 0) is 29.2 Å². The van der Waals surface area contributed by atoms with E-state index in [9.17, 15) is 5.11 Å². The monoisotopic (exact) mass is 261 g/mol. The highest BCUT2D eigenvalue weighted by Gasteiger charge is 2.09. The Balaban J connectivity index is 2.23. The van der Waals surface area contributed by atoms with E-state index in [-0.39, 0.29) is 6.54 Å². The molecule has 18 heavy (non-hydrogen) atoms. The smallest absolute Gasteiger partial charge is 0.100 e. The minimum absolute atomic E-state index is 0.270. The summed E-state index contributed by atoms with van der Waals surface area (Å²) in [5, 5.41) is 9.69. The zero-order chi connectivity index (χ0) is 13.1. The van der Waals surface area contributed by atoms with Crippen LogP contribution in [0.5, 0.6) is 0 Å². The van der Waals surface area contributed by atoms with Crippen molar-refractivity contribution >= 4 is 11.3 Å². The van der Waals surface area contributed by atoms with Crippen molar-refractivity contribution in [1.82, 2.24) is 0 Å². The van der Waals surface area contributed by atoms with Crippen molar-refractivity contribution in [2.24, 2.45) is 5.73 Å². The number of hydrogen-bond acceptors (Lipinski definition) is 3. The quantitative estimate of drug-likeness (QED) is 0.884. The van der Waals surface area contributed by atoms with E-state index in [1.165, 1.54) is 16.0 Å². The van der Waals surface area contributed by atoms with Gasteiger partial charge in [0.1, 0.15) is 6.10 Å². The summed E-state index contributed by atoms with van der Waals surface area (Å²) in [5.41, 5.74) is 8.00. The third kappa shape index (κ3) is 2.80. The first kappa shape index (κ1) is 13.3. The number of aliphatic hydroxyl groups is 1. The Labute approximate surface area is 112 Å². The molecule has 0 amide bonds. The molecule has 2 nitrogen and oxygen atoms in total. The molecule has 0 saturated carbocycles. The lowest BCUT2D eigenvalue weighted by Gasteiger charge is -2.06. The molecule has 0 aliphatic carbocycles. The van der Waals surface area contributed by atoms with Crippen LogP contribution in [-0.4, -0.2) is 11.7 Å². The van der Waals surface area contributed by atoms with Crippen molar-refractivity contribution in [3.05, 3.63) is 46.8 Å². The maximum absolute atomic E-state index is 9.69. The molecule has 1 aromatic carbocycles. The molecule has 3 heteroatoms. The van der Waals surface area contributed by atoms with Crippen molar-refractivity contribution in [3.63, 3.8) is 0 Å². The minimum atomic E-state index is -0.543. The fraction of sp³-hybridized carbons (Fsp3) is 0.333. The van der Waals surface area contributed by atoms with Crippen molar-refractivity contribution < 1.29 is 5.11 Å². The summed E-state index contributed by atoms with van der Waals surface area (Å²) in [6, 6.07) is 12.6. The molecule has 96 valence electrons. The maximum Gasteiger partial charge on any atom is 0.100 e. The average molecular weight is 261 g/mol. The molecule has 0 bridgehead atoms. The molecule has 2 aromatic rings.